The van der Waals surface area contributed by atoms with Crippen molar-refractivity contribution in [2.24, 2.45) is 0 Å². The summed E-state index contributed by atoms with van der Waals surface area (Å²) in [5.74, 6) is -0.811. The van der Waals surface area contributed by atoms with Crippen molar-refractivity contribution in [2.75, 3.05) is 27.3 Å². The number of likely N-dealkylation sites (N-methyl/N-ethyl adjacent to an activating group) is 1. The van der Waals surface area contributed by atoms with Crippen molar-refractivity contribution >= 4 is 11.9 Å². The number of carboxylic acid groups (broad SMARTS) is 1. The fraction of sp³-hybridized carbons (Fsp3) is 0.917. The van der Waals surface area contributed by atoms with E-state index < -0.39 is 5.97 Å². The SMILES string of the molecule is CCCCCCCCCCCCCCCCCCC(=O)NC[N+](C)(C)CC(=O)O. The van der Waals surface area contributed by atoms with Gasteiger partial charge in [0.1, 0.15) is 0 Å². The first-order chi connectivity index (χ1) is 13.9. The molecular formula is C24H49N2O3+. The average Bonchev–Trinajstić information content (AvgIpc) is 2.65. The molecule has 2 N–H and O–H groups in total. The molecule has 0 atom stereocenters. The first-order valence-electron chi connectivity index (χ1n) is 12.2. The van der Waals surface area contributed by atoms with E-state index in [1.165, 1.54) is 89.9 Å². The Bertz CT molecular complexity index is 411. The van der Waals surface area contributed by atoms with Crippen LogP contribution in [0.1, 0.15) is 116 Å². The lowest BCUT2D eigenvalue weighted by molar-refractivity contribution is -0.884. The maximum absolute atomic E-state index is 11.9. The van der Waals surface area contributed by atoms with E-state index in [0.29, 0.717) is 13.1 Å². The van der Waals surface area contributed by atoms with E-state index in [1.807, 2.05) is 14.1 Å². The van der Waals surface area contributed by atoms with Crippen LogP contribution in [-0.2, 0) is 9.59 Å². The molecule has 0 saturated heterocycles. The Morgan fingerprint density at radius 1 is 0.690 bits per heavy atom. The Hall–Kier alpha value is -1.10. The standard InChI is InChI=1S/C24H48N2O3/c1-4-5-6-7-8-9-10-11-12-13-14-15-16-17-18-19-20-23(27)25-22-26(2,3)21-24(28)29/h4-22H2,1-3H3,(H-,25,27,28,29)/p+1. The van der Waals surface area contributed by atoms with E-state index in [9.17, 15) is 9.59 Å². The van der Waals surface area contributed by atoms with Crippen molar-refractivity contribution in [3.63, 3.8) is 0 Å². The number of quaternary nitrogens is 1. The van der Waals surface area contributed by atoms with Gasteiger partial charge in [-0.3, -0.25) is 4.79 Å². The Labute approximate surface area is 180 Å². The van der Waals surface area contributed by atoms with Crippen LogP contribution >= 0.6 is 0 Å². The maximum atomic E-state index is 11.9. The summed E-state index contributed by atoms with van der Waals surface area (Å²) in [4.78, 5) is 22.6. The molecular weight excluding hydrogens is 364 g/mol. The van der Waals surface area contributed by atoms with Crippen LogP contribution in [0.2, 0.25) is 0 Å². The number of hydrogen-bond donors (Lipinski definition) is 2. The van der Waals surface area contributed by atoms with E-state index in [0.717, 1.165) is 12.8 Å². The highest BCUT2D eigenvalue weighted by Crippen LogP contribution is 2.14. The monoisotopic (exact) mass is 413 g/mol. The summed E-state index contributed by atoms with van der Waals surface area (Å²) in [7, 11) is 3.62. The number of carboxylic acids is 1. The minimum Gasteiger partial charge on any atom is -0.477 e. The predicted molar refractivity (Wildman–Crippen MR) is 122 cm³/mol. The zero-order valence-electron chi connectivity index (χ0n) is 19.6. The third kappa shape index (κ3) is 21.4. The van der Waals surface area contributed by atoms with Crippen molar-refractivity contribution in [2.45, 2.75) is 116 Å². The smallest absolute Gasteiger partial charge is 0.359 e. The molecule has 5 nitrogen and oxygen atoms in total. The second-order valence-electron chi connectivity index (χ2n) is 9.30. The normalized spacial score (nSPS) is 11.6. The second kappa shape index (κ2) is 18.9. The number of aliphatic carboxylic acids is 1. The molecule has 0 aromatic heterocycles. The highest BCUT2D eigenvalue weighted by Gasteiger charge is 2.19. The number of hydrogen-bond acceptors (Lipinski definition) is 2. The lowest BCUT2D eigenvalue weighted by atomic mass is 10.0. The van der Waals surface area contributed by atoms with E-state index in [1.54, 1.807) is 0 Å². The minimum absolute atomic E-state index is 0.0132. The van der Waals surface area contributed by atoms with Gasteiger partial charge >= 0.3 is 5.97 Å². The van der Waals surface area contributed by atoms with E-state index in [4.69, 9.17) is 5.11 Å². The van der Waals surface area contributed by atoms with Gasteiger partial charge in [-0.25, -0.2) is 4.79 Å². The quantitative estimate of drug-likeness (QED) is 0.140. The van der Waals surface area contributed by atoms with E-state index >= 15 is 0 Å². The van der Waals surface area contributed by atoms with Crippen molar-refractivity contribution in [1.82, 2.24) is 5.32 Å². The van der Waals surface area contributed by atoms with Gasteiger partial charge in [0.25, 0.3) is 0 Å². The number of amides is 1. The Morgan fingerprint density at radius 3 is 1.45 bits per heavy atom. The largest absolute Gasteiger partial charge is 0.477 e. The van der Waals surface area contributed by atoms with Crippen molar-refractivity contribution < 1.29 is 19.2 Å². The van der Waals surface area contributed by atoms with Gasteiger partial charge in [0.15, 0.2) is 13.2 Å². The number of nitrogens with zero attached hydrogens (tertiary/aromatic N) is 1. The van der Waals surface area contributed by atoms with Crippen LogP contribution in [0.15, 0.2) is 0 Å². The summed E-state index contributed by atoms with van der Waals surface area (Å²) >= 11 is 0. The Morgan fingerprint density at radius 2 is 1.07 bits per heavy atom. The van der Waals surface area contributed by atoms with E-state index in [2.05, 4.69) is 12.2 Å². The zero-order valence-corrected chi connectivity index (χ0v) is 19.6. The van der Waals surface area contributed by atoms with Crippen LogP contribution in [-0.4, -0.2) is 48.8 Å². The summed E-state index contributed by atoms with van der Waals surface area (Å²) < 4.78 is 0.264. The van der Waals surface area contributed by atoms with Crippen LogP contribution < -0.4 is 5.32 Å². The van der Waals surface area contributed by atoms with Gasteiger partial charge in [0.05, 0.1) is 14.1 Å². The molecule has 0 bridgehead atoms. The highest BCUT2D eigenvalue weighted by molar-refractivity contribution is 5.75. The van der Waals surface area contributed by atoms with Crippen LogP contribution in [0, 0.1) is 0 Å². The Kier molecular flexibility index (Phi) is 18.2. The fourth-order valence-electron chi connectivity index (χ4n) is 3.65. The molecule has 0 heterocycles. The molecule has 0 saturated carbocycles. The topological polar surface area (TPSA) is 66.4 Å². The van der Waals surface area contributed by atoms with Crippen molar-refractivity contribution in [1.29, 1.82) is 0 Å². The molecule has 0 aliphatic carbocycles. The summed E-state index contributed by atoms with van der Waals surface area (Å²) in [6, 6.07) is 0. The van der Waals surface area contributed by atoms with Crippen LogP contribution in [0.3, 0.4) is 0 Å². The van der Waals surface area contributed by atoms with Gasteiger partial charge in [0.2, 0.25) is 5.91 Å². The summed E-state index contributed by atoms with van der Waals surface area (Å²) in [5, 5.41) is 11.7. The van der Waals surface area contributed by atoms with Gasteiger partial charge < -0.3 is 14.9 Å². The summed E-state index contributed by atoms with van der Waals surface area (Å²) in [6.07, 6.45) is 21.8. The molecule has 0 aromatic carbocycles. The zero-order chi connectivity index (χ0) is 21.8. The number of carbonyl (C=O) groups excluding carboxylic acids is 1. The molecule has 0 unspecified atom stereocenters. The molecule has 0 radical (unpaired) electrons. The predicted octanol–water partition coefficient (Wildman–Crippen LogP) is 5.87. The number of nitrogens with one attached hydrogen (secondary N) is 1. The molecule has 1 amide bonds. The highest BCUT2D eigenvalue weighted by atomic mass is 16.4. The molecule has 29 heavy (non-hydrogen) atoms. The third-order valence-electron chi connectivity index (χ3n) is 5.52. The van der Waals surface area contributed by atoms with Gasteiger partial charge in [0, 0.05) is 6.42 Å². The van der Waals surface area contributed by atoms with Crippen LogP contribution in [0.5, 0.6) is 0 Å². The second-order valence-corrected chi connectivity index (χ2v) is 9.30. The number of carbonyl (C=O) groups is 2. The summed E-state index contributed by atoms with van der Waals surface area (Å²) in [5.41, 5.74) is 0. The van der Waals surface area contributed by atoms with Gasteiger partial charge in [-0.05, 0) is 6.42 Å². The molecule has 0 fully saturated rings. The Balaban J connectivity index is 3.31. The fourth-order valence-corrected chi connectivity index (χ4v) is 3.65. The van der Waals surface area contributed by atoms with Gasteiger partial charge in [-0.2, -0.15) is 0 Å². The summed E-state index contributed by atoms with van der Waals surface area (Å²) in [6.45, 7) is 2.65. The molecule has 0 aromatic rings. The van der Waals surface area contributed by atoms with Crippen LogP contribution in [0.25, 0.3) is 0 Å². The van der Waals surface area contributed by atoms with Crippen molar-refractivity contribution in [3.05, 3.63) is 0 Å². The molecule has 0 aliphatic heterocycles. The third-order valence-corrected chi connectivity index (χ3v) is 5.52. The van der Waals surface area contributed by atoms with Crippen LogP contribution in [0.4, 0.5) is 0 Å². The minimum atomic E-state index is -0.845. The molecule has 0 aliphatic rings. The first kappa shape index (κ1) is 27.9. The average molecular weight is 414 g/mol. The number of rotatable bonds is 21. The number of unbranched alkanes of at least 4 members (excludes halogenated alkanes) is 15. The first-order valence-corrected chi connectivity index (χ1v) is 12.2. The van der Waals surface area contributed by atoms with Crippen molar-refractivity contribution in [3.8, 4) is 0 Å². The molecule has 0 spiro atoms. The molecule has 0 rings (SSSR count). The molecule has 172 valence electrons. The molecule has 5 heteroatoms. The van der Waals surface area contributed by atoms with Gasteiger partial charge in [-0.1, -0.05) is 103 Å². The lowest BCUT2D eigenvalue weighted by Gasteiger charge is -2.27. The van der Waals surface area contributed by atoms with Gasteiger partial charge in [-0.15, -0.1) is 0 Å². The lowest BCUT2D eigenvalue weighted by Crippen LogP contribution is -2.50. The maximum Gasteiger partial charge on any atom is 0.359 e. The van der Waals surface area contributed by atoms with E-state index in [-0.39, 0.29) is 16.9 Å².